The zero-order valence-corrected chi connectivity index (χ0v) is 40.7. The fraction of sp³-hybridized carbons (Fsp3) is 0.821. The minimum absolute atomic E-state index is 0.338. The molecule has 0 aliphatic carbocycles. The van der Waals surface area contributed by atoms with Crippen LogP contribution in [0.3, 0.4) is 0 Å². The molecule has 2 saturated heterocycles. The Hall–Kier alpha value is -3.67. The monoisotopic (exact) mass is 1020 g/mol. The van der Waals surface area contributed by atoms with E-state index in [0.717, 1.165) is 27.7 Å². The Balaban J connectivity index is 3.20. The van der Waals surface area contributed by atoms with E-state index in [4.69, 9.17) is 37.9 Å². The van der Waals surface area contributed by atoms with E-state index in [1.54, 1.807) is 0 Å². The molecular formula is C39H59F6NO19S2. The van der Waals surface area contributed by atoms with E-state index in [-0.39, 0.29) is 6.61 Å². The molecule has 2 aliphatic rings. The fourth-order valence-corrected chi connectivity index (χ4v) is 6.65. The smallest absolute Gasteiger partial charge is 0.462 e. The van der Waals surface area contributed by atoms with Gasteiger partial charge in [0.05, 0.1) is 28.3 Å². The van der Waals surface area contributed by atoms with E-state index in [0.29, 0.717) is 0 Å². The molecule has 2 rings (SSSR count). The predicted molar refractivity (Wildman–Crippen MR) is 215 cm³/mol. The average Bonchev–Trinajstić information content (AvgIpc) is 3.13. The molecule has 28 heteroatoms. The maximum atomic E-state index is 14.2. The first-order valence-electron chi connectivity index (χ1n) is 20.2. The maximum Gasteiger partial charge on any atom is 0.523 e. The lowest BCUT2D eigenvalue weighted by atomic mass is 9.93. The highest BCUT2D eigenvalue weighted by molar-refractivity contribution is 7.87. The number of carbonyl (C=O) groups is 5. The molecule has 1 N–H and O–H groups in total. The van der Waals surface area contributed by atoms with Gasteiger partial charge >= 0.3 is 55.1 Å². The highest BCUT2D eigenvalue weighted by atomic mass is 32.2. The second kappa shape index (κ2) is 21.5. The molecule has 67 heavy (non-hydrogen) atoms. The highest BCUT2D eigenvalue weighted by Gasteiger charge is 2.62. The lowest BCUT2D eigenvalue weighted by Crippen LogP contribution is -2.69. The third-order valence-electron chi connectivity index (χ3n) is 9.01. The fourth-order valence-electron chi connectivity index (χ4n) is 5.42. The molecule has 10 atom stereocenters. The van der Waals surface area contributed by atoms with Crippen molar-refractivity contribution in [3.05, 3.63) is 12.7 Å². The first kappa shape index (κ1) is 59.5. The van der Waals surface area contributed by atoms with Crippen molar-refractivity contribution in [3.8, 4) is 0 Å². The molecule has 0 saturated carbocycles. The zero-order chi connectivity index (χ0) is 52.3. The van der Waals surface area contributed by atoms with Crippen LogP contribution in [0.15, 0.2) is 12.7 Å². The molecule has 2 aliphatic heterocycles. The number of amides is 1. The highest BCUT2D eigenvalue weighted by Crippen LogP contribution is 2.40. The number of ether oxygens (including phenoxy) is 8. The Bertz CT molecular complexity index is 2020. The summed E-state index contributed by atoms with van der Waals surface area (Å²) in [6, 6.07) is -1.71. The quantitative estimate of drug-likeness (QED) is 0.0570. The van der Waals surface area contributed by atoms with Gasteiger partial charge in [0.15, 0.2) is 30.9 Å². The Morgan fingerprint density at radius 1 is 0.567 bits per heavy atom. The summed E-state index contributed by atoms with van der Waals surface area (Å²) < 4.78 is 190. The van der Waals surface area contributed by atoms with Crippen molar-refractivity contribution >= 4 is 50.0 Å². The molecule has 1 amide bonds. The summed E-state index contributed by atoms with van der Waals surface area (Å²) >= 11 is 0. The van der Waals surface area contributed by atoms with E-state index < -0.39 is 157 Å². The van der Waals surface area contributed by atoms with Gasteiger partial charge in [-0.05, 0) is 83.1 Å². The van der Waals surface area contributed by atoms with E-state index >= 15 is 0 Å². The van der Waals surface area contributed by atoms with Gasteiger partial charge in [0.25, 0.3) is 0 Å². The second-order valence-corrected chi connectivity index (χ2v) is 22.5. The Kier molecular flexibility index (Phi) is 19.1. The summed E-state index contributed by atoms with van der Waals surface area (Å²) in [7, 11) is -13.9. The number of rotatable bonds is 16. The minimum atomic E-state index is -7.02. The Morgan fingerprint density at radius 3 is 1.31 bits per heavy atom. The van der Waals surface area contributed by atoms with E-state index in [1.807, 2.05) is 0 Å². The van der Waals surface area contributed by atoms with Crippen LogP contribution in [0.4, 0.5) is 26.3 Å². The molecule has 0 aromatic rings. The molecule has 0 aromatic heterocycles. The van der Waals surface area contributed by atoms with Crippen LogP contribution < -0.4 is 5.32 Å². The molecule has 0 unspecified atom stereocenters. The van der Waals surface area contributed by atoms with E-state index in [1.165, 1.54) is 68.4 Å². The van der Waals surface area contributed by atoms with Crippen molar-refractivity contribution in [3.63, 3.8) is 0 Å². The standard InChI is InChI=1S/C39H59F6NO19S2/c1-15-16-56-28-22(46-19(2)47)25(62-32(50)36(9,10)11)23(20(59-28)17-57-30(48)34(3,4)5)61-29-27(65-67(54,55)39(43,44)45)26(63-33(51)37(12,13)14)24(64-66(52,53)38(40,41)42)21(60-29)18-58-31(49)35(6,7)8/h15,20-29H,1,16-18H2,2-14H3,(H,46,47)/t20-,21-,22-,23-,24+,25-,26+,27-,28-,29+/m1/s1. The molecule has 0 radical (unpaired) electrons. The molecule has 0 spiro atoms. The van der Waals surface area contributed by atoms with Crippen molar-refractivity contribution < 1.29 is 113 Å². The molecule has 388 valence electrons. The molecule has 2 heterocycles. The summed E-state index contributed by atoms with van der Waals surface area (Å²) in [5.41, 5.74) is -18.5. The van der Waals surface area contributed by atoms with Gasteiger partial charge in [-0.25, -0.2) is 0 Å². The number of nitrogens with one attached hydrogen (secondary N) is 1. The normalized spacial score (nSPS) is 27.0. The Morgan fingerprint density at radius 2 is 0.940 bits per heavy atom. The van der Waals surface area contributed by atoms with Crippen molar-refractivity contribution in [1.29, 1.82) is 0 Å². The second-order valence-electron chi connectivity index (χ2n) is 19.4. The van der Waals surface area contributed by atoms with Gasteiger partial charge in [0, 0.05) is 6.92 Å². The molecule has 20 nitrogen and oxygen atoms in total. The van der Waals surface area contributed by atoms with Crippen molar-refractivity contribution in [2.75, 3.05) is 19.8 Å². The first-order chi connectivity index (χ1) is 30.0. The summed E-state index contributed by atoms with van der Waals surface area (Å²) in [5, 5.41) is 2.42. The maximum absolute atomic E-state index is 14.2. The largest absolute Gasteiger partial charge is 0.523 e. The molecule has 0 bridgehead atoms. The van der Waals surface area contributed by atoms with Crippen LogP contribution >= 0.6 is 0 Å². The molecule has 0 aromatic carbocycles. The topological polar surface area (TPSA) is 258 Å². The van der Waals surface area contributed by atoms with Crippen LogP contribution in [-0.4, -0.2) is 139 Å². The van der Waals surface area contributed by atoms with Crippen molar-refractivity contribution in [2.45, 2.75) is 162 Å². The van der Waals surface area contributed by atoms with Crippen molar-refractivity contribution in [2.24, 2.45) is 21.7 Å². The van der Waals surface area contributed by atoms with Crippen LogP contribution in [0.25, 0.3) is 0 Å². The number of alkyl halides is 6. The Labute approximate surface area is 384 Å². The summed E-state index contributed by atoms with van der Waals surface area (Å²) in [4.78, 5) is 66.0. The number of hydrogen-bond donors (Lipinski definition) is 1. The van der Waals surface area contributed by atoms with Crippen LogP contribution in [0, 0.1) is 21.7 Å². The molecule has 2 fully saturated rings. The molecular weight excluding hydrogens is 965 g/mol. The van der Waals surface area contributed by atoms with E-state index in [9.17, 15) is 67.2 Å². The van der Waals surface area contributed by atoms with Crippen LogP contribution in [-0.2, 0) is 90.5 Å². The third kappa shape index (κ3) is 16.2. The summed E-state index contributed by atoms with van der Waals surface area (Å²) in [5.74, 6) is -5.55. The minimum Gasteiger partial charge on any atom is -0.462 e. The van der Waals surface area contributed by atoms with Crippen LogP contribution in [0.5, 0.6) is 0 Å². The van der Waals surface area contributed by atoms with Crippen LogP contribution in [0.2, 0.25) is 0 Å². The van der Waals surface area contributed by atoms with Gasteiger partial charge in [-0.3, -0.25) is 32.3 Å². The van der Waals surface area contributed by atoms with E-state index in [2.05, 4.69) is 20.3 Å². The number of hydrogen-bond acceptors (Lipinski definition) is 19. The van der Waals surface area contributed by atoms with Gasteiger partial charge in [0.1, 0.15) is 43.7 Å². The number of halogens is 6. The van der Waals surface area contributed by atoms with Crippen LogP contribution in [0.1, 0.15) is 90.0 Å². The van der Waals surface area contributed by atoms with Gasteiger partial charge in [0.2, 0.25) is 5.91 Å². The van der Waals surface area contributed by atoms with Gasteiger partial charge in [-0.15, -0.1) is 6.58 Å². The van der Waals surface area contributed by atoms with Crippen molar-refractivity contribution in [1.82, 2.24) is 5.32 Å². The SMILES string of the molecule is C=CCO[C@@H]1O[C@H](COC(=O)C(C)(C)C)[C@@H](O[C@@H]2O[C@H](COC(=O)C(C)(C)C)[C@H](OS(=O)(=O)C(F)(F)F)[C@H](OC(=O)C(C)(C)C)[C@H]2OS(=O)(=O)C(F)(F)F)[C@H](OC(=O)C(C)(C)C)[C@H]1NC(C)=O. The summed E-state index contributed by atoms with van der Waals surface area (Å²) in [6.45, 7) is 17.6. The average molecular weight is 1020 g/mol. The van der Waals surface area contributed by atoms with Gasteiger partial charge in [-0.2, -0.15) is 43.2 Å². The van der Waals surface area contributed by atoms with Gasteiger partial charge in [-0.1, -0.05) is 6.08 Å². The number of carbonyl (C=O) groups excluding carboxylic acids is 5. The summed E-state index contributed by atoms with van der Waals surface area (Å²) in [6.07, 6.45) is -21.4. The lowest BCUT2D eigenvalue weighted by Gasteiger charge is -2.49. The third-order valence-corrected chi connectivity index (χ3v) is 11.1. The lowest BCUT2D eigenvalue weighted by molar-refractivity contribution is -0.345. The zero-order valence-electron chi connectivity index (χ0n) is 39.0. The number of esters is 4. The van der Waals surface area contributed by atoms with Gasteiger partial charge < -0.3 is 43.2 Å². The predicted octanol–water partition coefficient (Wildman–Crippen LogP) is 4.09. The first-order valence-corrected chi connectivity index (χ1v) is 23.0.